The van der Waals surface area contributed by atoms with Crippen LogP contribution in [0.3, 0.4) is 0 Å². The van der Waals surface area contributed by atoms with E-state index in [-0.39, 0.29) is 11.9 Å². The Bertz CT molecular complexity index is 748. The van der Waals surface area contributed by atoms with Crippen molar-refractivity contribution in [2.75, 3.05) is 37.6 Å². The van der Waals surface area contributed by atoms with Crippen LogP contribution < -0.4 is 10.2 Å². The number of piperazine rings is 1. The molecule has 5 nitrogen and oxygen atoms in total. The molecule has 7 heteroatoms. The number of aromatic nitrogens is 1. The summed E-state index contributed by atoms with van der Waals surface area (Å²) in [5.41, 5.74) is 0.938. The maximum absolute atomic E-state index is 12.4. The lowest BCUT2D eigenvalue weighted by atomic mass is 10.1. The van der Waals surface area contributed by atoms with Crippen LogP contribution in [0.4, 0.5) is 5.82 Å². The highest BCUT2D eigenvalue weighted by atomic mass is 35.5. The number of carbonyl (C=O) groups excluding carboxylic acids is 1. The van der Waals surface area contributed by atoms with Gasteiger partial charge in [-0.25, -0.2) is 4.98 Å². The Morgan fingerprint density at radius 1 is 1.15 bits per heavy atom. The van der Waals surface area contributed by atoms with Crippen LogP contribution >= 0.6 is 23.2 Å². The first-order chi connectivity index (χ1) is 12.5. The number of nitrogens with zero attached hydrogens (tertiary/aromatic N) is 3. The van der Waals surface area contributed by atoms with E-state index in [0.29, 0.717) is 16.6 Å². The number of benzene rings is 1. The molecule has 0 spiro atoms. The van der Waals surface area contributed by atoms with Crippen molar-refractivity contribution in [3.05, 3.63) is 58.2 Å². The monoisotopic (exact) mass is 392 g/mol. The van der Waals surface area contributed by atoms with Gasteiger partial charge in [0.15, 0.2) is 0 Å². The first kappa shape index (κ1) is 19.0. The van der Waals surface area contributed by atoms with Gasteiger partial charge in [0, 0.05) is 32.4 Å². The van der Waals surface area contributed by atoms with Gasteiger partial charge in [-0.05, 0) is 36.8 Å². The van der Waals surface area contributed by atoms with E-state index in [9.17, 15) is 4.79 Å². The summed E-state index contributed by atoms with van der Waals surface area (Å²) in [5, 5.41) is 4.03. The normalized spacial score (nSPS) is 16.3. The number of hydrogen-bond donors (Lipinski definition) is 1. The highest BCUT2D eigenvalue weighted by Crippen LogP contribution is 2.25. The fourth-order valence-electron chi connectivity index (χ4n) is 3.03. The van der Waals surface area contributed by atoms with E-state index >= 15 is 0 Å². The minimum Gasteiger partial charge on any atom is -0.354 e. The third kappa shape index (κ3) is 4.87. The third-order valence-corrected chi connectivity index (χ3v) is 5.27. The minimum absolute atomic E-state index is 0.00913. The number of halogens is 2. The lowest BCUT2D eigenvalue weighted by molar-refractivity contribution is -0.123. The van der Waals surface area contributed by atoms with E-state index in [1.807, 2.05) is 31.2 Å². The molecule has 1 aliphatic rings. The maximum Gasteiger partial charge on any atom is 0.234 e. The number of nitrogens with one attached hydrogen (secondary N) is 1. The van der Waals surface area contributed by atoms with Crippen molar-refractivity contribution in [1.29, 1.82) is 0 Å². The van der Waals surface area contributed by atoms with Gasteiger partial charge in [0.1, 0.15) is 5.82 Å². The summed E-state index contributed by atoms with van der Waals surface area (Å²) in [4.78, 5) is 21.1. The minimum atomic E-state index is -0.118. The molecule has 1 aliphatic heterocycles. The van der Waals surface area contributed by atoms with Crippen molar-refractivity contribution in [2.45, 2.75) is 13.0 Å². The Morgan fingerprint density at radius 2 is 1.92 bits per heavy atom. The van der Waals surface area contributed by atoms with Crippen molar-refractivity contribution in [3.63, 3.8) is 0 Å². The van der Waals surface area contributed by atoms with Crippen LogP contribution in [-0.4, -0.2) is 48.5 Å². The number of carbonyl (C=O) groups is 1. The Morgan fingerprint density at radius 3 is 2.58 bits per heavy atom. The quantitative estimate of drug-likeness (QED) is 0.846. The predicted octanol–water partition coefficient (Wildman–Crippen LogP) is 3.39. The molecule has 26 heavy (non-hydrogen) atoms. The number of anilines is 1. The van der Waals surface area contributed by atoms with Crippen LogP contribution in [0.5, 0.6) is 0 Å². The van der Waals surface area contributed by atoms with Crippen LogP contribution in [0.2, 0.25) is 10.0 Å². The van der Waals surface area contributed by atoms with E-state index < -0.39 is 0 Å². The van der Waals surface area contributed by atoms with Gasteiger partial charge in [0.05, 0.1) is 22.6 Å². The highest BCUT2D eigenvalue weighted by Gasteiger charge is 2.20. The molecule has 0 radical (unpaired) electrons. The van der Waals surface area contributed by atoms with Gasteiger partial charge in [-0.3, -0.25) is 9.69 Å². The molecule has 138 valence electrons. The Balaban J connectivity index is 1.47. The first-order valence-corrected chi connectivity index (χ1v) is 9.41. The van der Waals surface area contributed by atoms with Gasteiger partial charge in [-0.2, -0.15) is 0 Å². The molecule has 1 fully saturated rings. The summed E-state index contributed by atoms with van der Waals surface area (Å²) in [6.07, 6.45) is 1.81. The zero-order valence-electron chi connectivity index (χ0n) is 14.7. The zero-order valence-corrected chi connectivity index (χ0v) is 16.2. The van der Waals surface area contributed by atoms with E-state index in [0.717, 1.165) is 37.6 Å². The van der Waals surface area contributed by atoms with Gasteiger partial charge in [-0.15, -0.1) is 0 Å². The summed E-state index contributed by atoms with van der Waals surface area (Å²) in [7, 11) is 0. The van der Waals surface area contributed by atoms with Crippen LogP contribution in [0.1, 0.15) is 18.5 Å². The molecule has 0 saturated carbocycles. The largest absolute Gasteiger partial charge is 0.354 e. The van der Waals surface area contributed by atoms with Gasteiger partial charge in [0.25, 0.3) is 0 Å². The summed E-state index contributed by atoms with van der Waals surface area (Å²) < 4.78 is 0. The fourth-order valence-corrected chi connectivity index (χ4v) is 3.34. The highest BCUT2D eigenvalue weighted by molar-refractivity contribution is 6.42. The van der Waals surface area contributed by atoms with E-state index in [1.165, 1.54) is 0 Å². The topological polar surface area (TPSA) is 48.5 Å². The lowest BCUT2D eigenvalue weighted by Crippen LogP contribution is -2.49. The lowest BCUT2D eigenvalue weighted by Gasteiger charge is -2.35. The van der Waals surface area contributed by atoms with Crippen LogP contribution in [0.25, 0.3) is 0 Å². The summed E-state index contributed by atoms with van der Waals surface area (Å²) >= 11 is 12.0. The molecule has 1 aromatic carbocycles. The first-order valence-electron chi connectivity index (χ1n) is 8.65. The number of hydrogen-bond acceptors (Lipinski definition) is 4. The molecule has 1 N–H and O–H groups in total. The van der Waals surface area contributed by atoms with Gasteiger partial charge in [0.2, 0.25) is 5.91 Å². The van der Waals surface area contributed by atoms with E-state index in [2.05, 4.69) is 20.1 Å². The van der Waals surface area contributed by atoms with Gasteiger partial charge in [-0.1, -0.05) is 35.3 Å². The summed E-state index contributed by atoms with van der Waals surface area (Å²) in [6.45, 7) is 5.74. The molecule has 3 rings (SSSR count). The standard InChI is InChI=1S/C19H22Cl2N4O/c1-14(15-5-6-16(20)17(21)12-15)23-19(26)13-24-8-10-25(11-9-24)18-4-2-3-7-22-18/h2-7,12,14H,8-11,13H2,1H3,(H,23,26)/t14-/m0/s1. The van der Waals surface area contributed by atoms with Gasteiger partial charge < -0.3 is 10.2 Å². The maximum atomic E-state index is 12.4. The molecule has 1 amide bonds. The average Bonchev–Trinajstić information content (AvgIpc) is 2.65. The van der Waals surface area contributed by atoms with Crippen molar-refractivity contribution in [1.82, 2.24) is 15.2 Å². The van der Waals surface area contributed by atoms with Crippen molar-refractivity contribution < 1.29 is 4.79 Å². The Labute approximate surface area is 163 Å². The zero-order chi connectivity index (χ0) is 18.5. The second kappa shape index (κ2) is 8.71. The van der Waals surface area contributed by atoms with Crippen LogP contribution in [0, 0.1) is 0 Å². The van der Waals surface area contributed by atoms with Crippen molar-refractivity contribution in [2.24, 2.45) is 0 Å². The fraction of sp³-hybridized carbons (Fsp3) is 0.368. The molecule has 2 aromatic rings. The summed E-state index contributed by atoms with van der Waals surface area (Å²) in [6, 6.07) is 11.2. The Hall–Kier alpha value is -1.82. The number of pyridine rings is 1. The van der Waals surface area contributed by atoms with Crippen LogP contribution in [0.15, 0.2) is 42.6 Å². The molecule has 1 aromatic heterocycles. The molecular formula is C19H22Cl2N4O. The molecule has 0 aliphatic carbocycles. The molecule has 0 bridgehead atoms. The number of rotatable bonds is 5. The molecule has 2 heterocycles. The van der Waals surface area contributed by atoms with E-state index in [4.69, 9.17) is 23.2 Å². The SMILES string of the molecule is C[C@H](NC(=O)CN1CCN(c2ccccn2)CC1)c1ccc(Cl)c(Cl)c1. The smallest absolute Gasteiger partial charge is 0.234 e. The van der Waals surface area contributed by atoms with Crippen molar-refractivity contribution >= 4 is 34.9 Å². The second-order valence-corrected chi connectivity index (χ2v) is 7.23. The second-order valence-electron chi connectivity index (χ2n) is 6.41. The third-order valence-electron chi connectivity index (χ3n) is 4.53. The summed E-state index contributed by atoms with van der Waals surface area (Å²) in [5.74, 6) is 1.000. The van der Waals surface area contributed by atoms with Crippen LogP contribution in [-0.2, 0) is 4.79 Å². The molecule has 1 atom stereocenters. The predicted molar refractivity (Wildman–Crippen MR) is 106 cm³/mol. The average molecular weight is 393 g/mol. The molecule has 1 saturated heterocycles. The molecular weight excluding hydrogens is 371 g/mol. The van der Waals surface area contributed by atoms with Gasteiger partial charge >= 0.3 is 0 Å². The van der Waals surface area contributed by atoms with Crippen molar-refractivity contribution in [3.8, 4) is 0 Å². The molecule has 0 unspecified atom stereocenters. The Kier molecular flexibility index (Phi) is 6.35. The number of amides is 1. The van der Waals surface area contributed by atoms with E-state index in [1.54, 1.807) is 18.3 Å².